The molecule has 4 fully saturated rings. The molecule has 31 heavy (non-hydrogen) atoms. The summed E-state index contributed by atoms with van der Waals surface area (Å²) in [5.41, 5.74) is 0.315. The molecule has 0 bridgehead atoms. The van der Waals surface area contributed by atoms with Crippen LogP contribution in [0.5, 0.6) is 0 Å². The molecule has 4 aliphatic carbocycles. The summed E-state index contributed by atoms with van der Waals surface area (Å²) < 4.78 is 0. The number of ketones is 1. The fourth-order valence-electron chi connectivity index (χ4n) is 9.21. The summed E-state index contributed by atoms with van der Waals surface area (Å²) in [7, 11) is 0. The van der Waals surface area contributed by atoms with Crippen molar-refractivity contribution in [1.29, 1.82) is 0 Å². The molecule has 1 amide bonds. The van der Waals surface area contributed by atoms with Gasteiger partial charge < -0.3 is 5.11 Å². The Balaban J connectivity index is 1.60. The number of fused-ring (bicyclic) bond motifs is 5. The molecule has 0 radical (unpaired) electrons. The molecular weight excluding hydrogens is 390 g/mol. The van der Waals surface area contributed by atoms with Gasteiger partial charge in [-0.1, -0.05) is 27.7 Å². The molecule has 0 heterocycles. The number of rotatable bonds is 5. The Morgan fingerprint density at radius 2 is 1.77 bits per heavy atom. The number of carbonyl (C=O) groups is 2. The second-order valence-corrected chi connectivity index (χ2v) is 11.9. The Bertz CT molecular complexity index is 737. The highest BCUT2D eigenvalue weighted by Crippen LogP contribution is 2.68. The van der Waals surface area contributed by atoms with E-state index in [0.717, 1.165) is 57.8 Å². The van der Waals surface area contributed by atoms with E-state index in [1.807, 2.05) is 0 Å². The van der Waals surface area contributed by atoms with Gasteiger partial charge in [0.25, 0.3) is 5.91 Å². The van der Waals surface area contributed by atoms with Gasteiger partial charge in [0.05, 0.1) is 6.10 Å². The van der Waals surface area contributed by atoms with E-state index in [-0.39, 0.29) is 35.2 Å². The molecule has 0 aromatic carbocycles. The van der Waals surface area contributed by atoms with Crippen LogP contribution >= 0.6 is 0 Å². The predicted octanol–water partition coefficient (Wildman–Crippen LogP) is 5.53. The molecular formula is C26H41NO4. The van der Waals surface area contributed by atoms with E-state index in [9.17, 15) is 19.6 Å². The first-order valence-electron chi connectivity index (χ1n) is 12.7. The predicted molar refractivity (Wildman–Crippen MR) is 120 cm³/mol. The van der Waals surface area contributed by atoms with Gasteiger partial charge in [-0.05, 0) is 98.2 Å². The van der Waals surface area contributed by atoms with Gasteiger partial charge in [0.15, 0.2) is 0 Å². The van der Waals surface area contributed by atoms with Crippen molar-refractivity contribution in [2.24, 2.45) is 57.4 Å². The SMILES string of the molecule is CC[C@@H]1C(=O)C2C3CCC([C@H](C)CCC(=O)N=O)[C@@]3(C)CCC2[C@@]2(C)CC[C@@H](O)CC12. The molecule has 4 rings (SSSR count). The monoisotopic (exact) mass is 431 g/mol. The van der Waals surface area contributed by atoms with E-state index in [1.54, 1.807) is 0 Å². The van der Waals surface area contributed by atoms with Crippen molar-refractivity contribution in [3.8, 4) is 0 Å². The van der Waals surface area contributed by atoms with Crippen LogP contribution in [0.2, 0.25) is 0 Å². The minimum Gasteiger partial charge on any atom is -0.393 e. The van der Waals surface area contributed by atoms with Gasteiger partial charge in [0.2, 0.25) is 0 Å². The Labute approximate surface area is 187 Å². The third-order valence-corrected chi connectivity index (χ3v) is 10.8. The number of Topliss-reactive ketones (excluding diaryl/α,β-unsaturated/α-hetero) is 1. The first-order chi connectivity index (χ1) is 14.7. The zero-order valence-electron chi connectivity index (χ0n) is 19.8. The summed E-state index contributed by atoms with van der Waals surface area (Å²) in [6.07, 6.45) is 8.82. The number of carbonyl (C=O) groups excluding carboxylic acids is 2. The topological polar surface area (TPSA) is 83.8 Å². The molecule has 5 nitrogen and oxygen atoms in total. The molecule has 4 aliphatic rings. The van der Waals surface area contributed by atoms with E-state index in [2.05, 4.69) is 32.9 Å². The maximum absolute atomic E-state index is 13.9. The van der Waals surface area contributed by atoms with Crippen LogP contribution in [0, 0.1) is 57.2 Å². The first-order valence-corrected chi connectivity index (χ1v) is 12.7. The average Bonchev–Trinajstić information content (AvgIpc) is 3.10. The molecule has 0 spiro atoms. The minimum atomic E-state index is -0.540. The number of aliphatic hydroxyl groups excluding tert-OH is 1. The van der Waals surface area contributed by atoms with Crippen molar-refractivity contribution in [2.75, 3.05) is 0 Å². The van der Waals surface area contributed by atoms with Crippen molar-refractivity contribution in [3.05, 3.63) is 4.91 Å². The van der Waals surface area contributed by atoms with Gasteiger partial charge in [-0.3, -0.25) is 9.59 Å². The van der Waals surface area contributed by atoms with Crippen LogP contribution in [0.15, 0.2) is 5.18 Å². The van der Waals surface area contributed by atoms with Crippen LogP contribution in [0.25, 0.3) is 0 Å². The van der Waals surface area contributed by atoms with Crippen molar-refractivity contribution in [1.82, 2.24) is 0 Å². The molecule has 0 aliphatic heterocycles. The highest BCUT2D eigenvalue weighted by molar-refractivity contribution is 5.86. The van der Waals surface area contributed by atoms with Crippen LogP contribution in [0.1, 0.15) is 91.9 Å². The second-order valence-electron chi connectivity index (χ2n) is 11.9. The maximum atomic E-state index is 13.9. The number of hydrogen-bond acceptors (Lipinski definition) is 4. The number of hydrogen-bond donors (Lipinski definition) is 1. The lowest BCUT2D eigenvalue weighted by Gasteiger charge is -2.62. The fraction of sp³-hybridized carbons (Fsp3) is 0.923. The number of amides is 1. The highest BCUT2D eigenvalue weighted by atomic mass is 16.3. The molecule has 4 saturated carbocycles. The number of nitroso groups, excluding NO2 is 1. The molecule has 1 N–H and O–H groups in total. The average molecular weight is 432 g/mol. The lowest BCUT2D eigenvalue weighted by Crippen LogP contribution is -2.60. The molecule has 0 aromatic rings. The van der Waals surface area contributed by atoms with Crippen LogP contribution in [0.4, 0.5) is 0 Å². The Kier molecular flexibility index (Phi) is 6.22. The van der Waals surface area contributed by atoms with Gasteiger partial charge in [-0.15, -0.1) is 4.91 Å². The standard InChI is InChI=1S/C26H41NO4/c1-5-17-21-14-16(28)10-12-26(21,4)20-11-13-25(3)18(15(2)6-9-22(29)27-31)7-8-19(25)23(20)24(17)30/h15-21,23,28H,5-14H2,1-4H3/t15-,16-,17+,18?,19?,20?,21?,23?,25-,26-/m1/s1. The Hall–Kier alpha value is -1.10. The van der Waals surface area contributed by atoms with Gasteiger partial charge in [-0.2, -0.15) is 0 Å². The Morgan fingerprint density at radius 3 is 2.45 bits per heavy atom. The van der Waals surface area contributed by atoms with E-state index in [1.165, 1.54) is 0 Å². The molecule has 0 saturated heterocycles. The number of aliphatic hydroxyl groups is 1. The molecule has 10 atom stereocenters. The maximum Gasteiger partial charge on any atom is 0.286 e. The van der Waals surface area contributed by atoms with Crippen LogP contribution in [-0.4, -0.2) is 22.9 Å². The van der Waals surface area contributed by atoms with E-state index >= 15 is 0 Å². The largest absolute Gasteiger partial charge is 0.393 e. The molecule has 0 aromatic heterocycles. The van der Waals surface area contributed by atoms with E-state index in [0.29, 0.717) is 35.4 Å². The smallest absolute Gasteiger partial charge is 0.286 e. The third kappa shape index (κ3) is 3.54. The third-order valence-electron chi connectivity index (χ3n) is 10.8. The van der Waals surface area contributed by atoms with Crippen molar-refractivity contribution < 1.29 is 14.7 Å². The zero-order chi connectivity index (χ0) is 22.6. The molecule has 5 heteroatoms. The van der Waals surface area contributed by atoms with Gasteiger partial charge >= 0.3 is 0 Å². The van der Waals surface area contributed by atoms with Crippen molar-refractivity contribution in [3.63, 3.8) is 0 Å². The summed E-state index contributed by atoms with van der Waals surface area (Å²) in [5.74, 6) is 2.30. The summed E-state index contributed by atoms with van der Waals surface area (Å²) in [5, 5.41) is 13.0. The highest BCUT2D eigenvalue weighted by Gasteiger charge is 2.65. The minimum absolute atomic E-state index is 0.0938. The quantitative estimate of drug-likeness (QED) is 0.580. The normalized spacial score (nSPS) is 47.8. The Morgan fingerprint density at radius 1 is 1.10 bits per heavy atom. The summed E-state index contributed by atoms with van der Waals surface area (Å²) in [6.45, 7) is 9.23. The molecule has 174 valence electrons. The van der Waals surface area contributed by atoms with Gasteiger partial charge in [0, 0.05) is 23.4 Å². The summed E-state index contributed by atoms with van der Waals surface area (Å²) >= 11 is 0. The summed E-state index contributed by atoms with van der Waals surface area (Å²) in [4.78, 5) is 35.9. The van der Waals surface area contributed by atoms with Crippen molar-refractivity contribution >= 4 is 11.7 Å². The second kappa shape index (κ2) is 8.35. The van der Waals surface area contributed by atoms with E-state index < -0.39 is 5.91 Å². The lowest BCUT2D eigenvalue weighted by atomic mass is 9.42. The fourth-order valence-corrected chi connectivity index (χ4v) is 9.21. The first kappa shape index (κ1) is 23.1. The van der Waals surface area contributed by atoms with E-state index in [4.69, 9.17) is 0 Å². The van der Waals surface area contributed by atoms with Gasteiger partial charge in [-0.25, -0.2) is 0 Å². The van der Waals surface area contributed by atoms with Gasteiger partial charge in [0.1, 0.15) is 5.78 Å². The van der Waals surface area contributed by atoms with Crippen LogP contribution in [0.3, 0.4) is 0 Å². The van der Waals surface area contributed by atoms with Crippen molar-refractivity contribution in [2.45, 2.75) is 98.0 Å². The zero-order valence-corrected chi connectivity index (χ0v) is 19.8. The summed E-state index contributed by atoms with van der Waals surface area (Å²) in [6, 6.07) is 0. The molecule has 5 unspecified atom stereocenters. The number of nitrogens with zero attached hydrogens (tertiary/aromatic N) is 1. The van der Waals surface area contributed by atoms with Crippen LogP contribution < -0.4 is 0 Å². The van der Waals surface area contributed by atoms with Crippen LogP contribution in [-0.2, 0) is 9.59 Å². The lowest BCUT2D eigenvalue weighted by molar-refractivity contribution is -0.173.